The Bertz CT molecular complexity index is 295. The van der Waals surface area contributed by atoms with Gasteiger partial charge in [-0.2, -0.15) is 0 Å². The molecule has 13 heavy (non-hydrogen) atoms. The molecule has 0 aliphatic carbocycles. The number of rotatable bonds is 4. The Morgan fingerprint density at radius 1 is 1.62 bits per heavy atom. The van der Waals surface area contributed by atoms with Crippen molar-refractivity contribution in [3.8, 4) is 12.3 Å². The van der Waals surface area contributed by atoms with E-state index in [-0.39, 0.29) is 6.04 Å². The van der Waals surface area contributed by atoms with Crippen LogP contribution in [0, 0.1) is 19.3 Å². The van der Waals surface area contributed by atoms with Gasteiger partial charge in [0.25, 0.3) is 0 Å². The van der Waals surface area contributed by atoms with Gasteiger partial charge in [-0.1, -0.05) is 0 Å². The molecule has 1 nitrogen and oxygen atoms in total. The van der Waals surface area contributed by atoms with E-state index in [0.29, 0.717) is 0 Å². The molecule has 2 N–H and O–H groups in total. The number of thiophene rings is 1. The van der Waals surface area contributed by atoms with Gasteiger partial charge in [-0.25, -0.2) is 0 Å². The summed E-state index contributed by atoms with van der Waals surface area (Å²) in [5.74, 6) is 2.63. The van der Waals surface area contributed by atoms with Gasteiger partial charge in [-0.3, -0.25) is 0 Å². The molecule has 1 atom stereocenters. The van der Waals surface area contributed by atoms with Crippen molar-refractivity contribution < 1.29 is 0 Å². The van der Waals surface area contributed by atoms with Crippen molar-refractivity contribution in [2.75, 3.05) is 0 Å². The maximum atomic E-state index is 5.99. The lowest BCUT2D eigenvalue weighted by atomic mass is 10.1. The van der Waals surface area contributed by atoms with Crippen LogP contribution in [0.5, 0.6) is 0 Å². The molecule has 0 aromatic carbocycles. The topological polar surface area (TPSA) is 26.0 Å². The van der Waals surface area contributed by atoms with Gasteiger partial charge in [0.05, 0.1) is 0 Å². The minimum absolute atomic E-state index is 0.173. The number of hydrogen-bond donors (Lipinski definition) is 1. The molecule has 1 heterocycles. The molecular weight excluding hydrogens is 178 g/mol. The molecule has 0 bridgehead atoms. The van der Waals surface area contributed by atoms with Crippen LogP contribution in [-0.4, -0.2) is 0 Å². The number of aryl methyl sites for hydroxylation is 1. The van der Waals surface area contributed by atoms with Crippen molar-refractivity contribution in [1.82, 2.24) is 0 Å². The second-order valence-corrected chi connectivity index (χ2v) is 4.47. The second-order valence-electron chi connectivity index (χ2n) is 3.15. The van der Waals surface area contributed by atoms with Gasteiger partial charge in [0.2, 0.25) is 0 Å². The van der Waals surface area contributed by atoms with Crippen molar-refractivity contribution in [2.45, 2.75) is 32.2 Å². The van der Waals surface area contributed by atoms with Crippen molar-refractivity contribution in [3.63, 3.8) is 0 Å². The summed E-state index contributed by atoms with van der Waals surface area (Å²) in [7, 11) is 0. The van der Waals surface area contributed by atoms with Gasteiger partial charge in [0.1, 0.15) is 0 Å². The maximum absolute atomic E-state index is 5.99. The van der Waals surface area contributed by atoms with Crippen LogP contribution in [0.2, 0.25) is 0 Å². The number of nitrogens with two attached hydrogens (primary N) is 1. The highest BCUT2D eigenvalue weighted by Gasteiger charge is 2.06. The van der Waals surface area contributed by atoms with Gasteiger partial charge < -0.3 is 5.73 Å². The summed E-state index contributed by atoms with van der Waals surface area (Å²) >= 11 is 1.78. The predicted molar refractivity (Wildman–Crippen MR) is 58.7 cm³/mol. The molecule has 0 aliphatic rings. The van der Waals surface area contributed by atoms with Crippen molar-refractivity contribution in [2.24, 2.45) is 5.73 Å². The highest BCUT2D eigenvalue weighted by Crippen LogP contribution is 2.24. The zero-order valence-corrected chi connectivity index (χ0v) is 8.73. The van der Waals surface area contributed by atoms with Crippen molar-refractivity contribution in [3.05, 3.63) is 21.9 Å². The summed E-state index contributed by atoms with van der Waals surface area (Å²) in [5, 5.41) is 0. The van der Waals surface area contributed by atoms with Gasteiger partial charge in [-0.15, -0.1) is 23.7 Å². The van der Waals surface area contributed by atoms with Crippen LogP contribution in [0.3, 0.4) is 0 Å². The fourth-order valence-corrected chi connectivity index (χ4v) is 2.13. The van der Waals surface area contributed by atoms with Gasteiger partial charge >= 0.3 is 0 Å². The van der Waals surface area contributed by atoms with E-state index in [1.807, 2.05) is 0 Å². The van der Waals surface area contributed by atoms with Crippen molar-refractivity contribution in [1.29, 1.82) is 0 Å². The third kappa shape index (κ3) is 3.22. The molecule has 2 heteroatoms. The van der Waals surface area contributed by atoms with Crippen LogP contribution < -0.4 is 5.73 Å². The van der Waals surface area contributed by atoms with Gasteiger partial charge in [-0.05, 0) is 31.9 Å². The highest BCUT2D eigenvalue weighted by molar-refractivity contribution is 7.12. The zero-order chi connectivity index (χ0) is 9.68. The fraction of sp³-hybridized carbons (Fsp3) is 0.455. The quantitative estimate of drug-likeness (QED) is 0.577. The average molecular weight is 193 g/mol. The summed E-state index contributed by atoms with van der Waals surface area (Å²) in [4.78, 5) is 2.59. The third-order valence-electron chi connectivity index (χ3n) is 1.96. The largest absolute Gasteiger partial charge is 0.323 e. The normalized spacial score (nSPS) is 12.4. The standard InChI is InChI=1S/C11H15NS/c1-3-4-5-6-10(12)11-8-7-9(2)13-11/h1,7-8,10H,4-6,12H2,2H3. The molecule has 0 aliphatic heterocycles. The lowest BCUT2D eigenvalue weighted by Crippen LogP contribution is -2.07. The molecule has 0 saturated carbocycles. The van der Waals surface area contributed by atoms with Gasteiger partial charge in [0, 0.05) is 22.2 Å². The van der Waals surface area contributed by atoms with E-state index in [1.165, 1.54) is 9.75 Å². The Labute approximate surface area is 84.0 Å². The molecule has 70 valence electrons. The number of terminal acetylenes is 1. The molecule has 1 aromatic heterocycles. The molecular formula is C11H15NS. The molecule has 0 amide bonds. The Hall–Kier alpha value is -0.780. The van der Waals surface area contributed by atoms with E-state index in [0.717, 1.165) is 19.3 Å². The van der Waals surface area contributed by atoms with E-state index in [2.05, 4.69) is 25.0 Å². The molecule has 0 radical (unpaired) electrons. The number of unbranched alkanes of at least 4 members (excludes halogenated alkanes) is 1. The Balaban J connectivity index is 2.40. The molecule has 1 unspecified atom stereocenters. The first kappa shape index (κ1) is 10.3. The van der Waals surface area contributed by atoms with Crippen molar-refractivity contribution >= 4 is 11.3 Å². The first-order valence-corrected chi connectivity index (χ1v) is 5.31. The molecule has 0 saturated heterocycles. The Morgan fingerprint density at radius 3 is 2.92 bits per heavy atom. The maximum Gasteiger partial charge on any atom is 0.0390 e. The van der Waals surface area contributed by atoms with Crippen LogP contribution in [0.25, 0.3) is 0 Å². The minimum atomic E-state index is 0.173. The summed E-state index contributed by atoms with van der Waals surface area (Å²) in [6, 6.07) is 4.40. The van der Waals surface area contributed by atoms with Crippen LogP contribution in [0.1, 0.15) is 35.1 Å². The minimum Gasteiger partial charge on any atom is -0.323 e. The monoisotopic (exact) mass is 193 g/mol. The van der Waals surface area contributed by atoms with Crippen LogP contribution in [0.4, 0.5) is 0 Å². The molecule has 0 fully saturated rings. The van der Waals surface area contributed by atoms with E-state index in [1.54, 1.807) is 11.3 Å². The summed E-state index contributed by atoms with van der Waals surface area (Å²) in [6.07, 6.45) is 8.01. The Morgan fingerprint density at radius 2 is 2.38 bits per heavy atom. The smallest absolute Gasteiger partial charge is 0.0390 e. The zero-order valence-electron chi connectivity index (χ0n) is 7.92. The SMILES string of the molecule is C#CCCCC(N)c1ccc(C)s1. The molecule has 1 rings (SSSR count). The summed E-state index contributed by atoms with van der Waals surface area (Å²) in [5.41, 5.74) is 5.99. The lowest BCUT2D eigenvalue weighted by molar-refractivity contribution is 0.630. The predicted octanol–water partition coefficient (Wildman–Crippen LogP) is 2.86. The lowest BCUT2D eigenvalue weighted by Gasteiger charge is -2.07. The number of hydrogen-bond acceptors (Lipinski definition) is 2. The Kier molecular flexibility index (Phi) is 4.01. The van der Waals surface area contributed by atoms with E-state index >= 15 is 0 Å². The van der Waals surface area contributed by atoms with E-state index < -0.39 is 0 Å². The van der Waals surface area contributed by atoms with E-state index in [9.17, 15) is 0 Å². The van der Waals surface area contributed by atoms with Gasteiger partial charge in [0.15, 0.2) is 0 Å². The summed E-state index contributed by atoms with van der Waals surface area (Å²) < 4.78 is 0. The summed E-state index contributed by atoms with van der Waals surface area (Å²) in [6.45, 7) is 2.10. The van der Waals surface area contributed by atoms with Crippen LogP contribution >= 0.6 is 11.3 Å². The van der Waals surface area contributed by atoms with Crippen LogP contribution in [-0.2, 0) is 0 Å². The van der Waals surface area contributed by atoms with E-state index in [4.69, 9.17) is 12.2 Å². The first-order chi connectivity index (χ1) is 6.24. The molecule has 1 aromatic rings. The second kappa shape index (κ2) is 5.06. The fourth-order valence-electron chi connectivity index (χ4n) is 1.22. The molecule has 0 spiro atoms. The average Bonchev–Trinajstić information content (AvgIpc) is 2.52. The third-order valence-corrected chi connectivity index (χ3v) is 3.10. The highest BCUT2D eigenvalue weighted by atomic mass is 32.1. The first-order valence-electron chi connectivity index (χ1n) is 4.49. The van der Waals surface area contributed by atoms with Crippen LogP contribution in [0.15, 0.2) is 12.1 Å².